The molecule has 0 bridgehead atoms. The number of hydrogen-bond donors (Lipinski definition) is 1. The summed E-state index contributed by atoms with van der Waals surface area (Å²) in [5, 5.41) is 3.41. The molecule has 0 radical (unpaired) electrons. The van der Waals surface area contributed by atoms with Crippen molar-refractivity contribution in [3.8, 4) is 11.5 Å². The van der Waals surface area contributed by atoms with Gasteiger partial charge < -0.3 is 14.8 Å². The van der Waals surface area contributed by atoms with Crippen LogP contribution >= 0.6 is 0 Å². The summed E-state index contributed by atoms with van der Waals surface area (Å²) in [6, 6.07) is 6.18. The molecule has 0 saturated heterocycles. The van der Waals surface area contributed by atoms with E-state index in [9.17, 15) is 0 Å². The maximum absolute atomic E-state index is 5.99. The average molecular weight is 279 g/mol. The monoisotopic (exact) mass is 279 g/mol. The highest BCUT2D eigenvalue weighted by Crippen LogP contribution is 2.29. The second kappa shape index (κ2) is 9.65. The summed E-state index contributed by atoms with van der Waals surface area (Å²) >= 11 is 0. The number of rotatable bonds is 10. The van der Waals surface area contributed by atoms with E-state index in [4.69, 9.17) is 9.47 Å². The quantitative estimate of drug-likeness (QED) is 0.661. The SMILES string of the molecule is CCCNCCCC(C)Oc1ccc(CC)cc1OC. The van der Waals surface area contributed by atoms with Gasteiger partial charge in [0.15, 0.2) is 11.5 Å². The molecule has 0 fully saturated rings. The van der Waals surface area contributed by atoms with Crippen molar-refractivity contribution in [3.05, 3.63) is 23.8 Å². The lowest BCUT2D eigenvalue weighted by Gasteiger charge is -2.17. The molecule has 1 atom stereocenters. The first-order chi connectivity index (χ1) is 9.71. The molecule has 3 heteroatoms. The lowest BCUT2D eigenvalue weighted by Crippen LogP contribution is -2.19. The predicted molar refractivity (Wildman–Crippen MR) is 84.9 cm³/mol. The van der Waals surface area contributed by atoms with E-state index < -0.39 is 0 Å². The van der Waals surface area contributed by atoms with Crippen LogP contribution < -0.4 is 14.8 Å². The largest absolute Gasteiger partial charge is 0.493 e. The maximum Gasteiger partial charge on any atom is 0.161 e. The number of aryl methyl sites for hydroxylation is 1. The Labute approximate surface area is 123 Å². The van der Waals surface area contributed by atoms with Gasteiger partial charge >= 0.3 is 0 Å². The van der Waals surface area contributed by atoms with E-state index in [1.807, 2.05) is 6.07 Å². The normalized spacial score (nSPS) is 12.2. The van der Waals surface area contributed by atoms with Crippen LogP contribution in [0.3, 0.4) is 0 Å². The minimum atomic E-state index is 0.208. The van der Waals surface area contributed by atoms with Crippen LogP contribution in [0.25, 0.3) is 0 Å². The van der Waals surface area contributed by atoms with E-state index >= 15 is 0 Å². The van der Waals surface area contributed by atoms with E-state index in [0.717, 1.165) is 43.9 Å². The molecule has 0 aliphatic rings. The third-order valence-electron chi connectivity index (χ3n) is 3.36. The summed E-state index contributed by atoms with van der Waals surface area (Å²) < 4.78 is 11.4. The Balaban J connectivity index is 2.42. The Kier molecular flexibility index (Phi) is 8.12. The van der Waals surface area contributed by atoms with Crippen LogP contribution in [0.2, 0.25) is 0 Å². The fourth-order valence-corrected chi connectivity index (χ4v) is 2.12. The standard InChI is InChI=1S/C17H29NO2/c1-5-11-18-12-7-8-14(3)20-16-10-9-15(6-2)13-17(16)19-4/h9-10,13-14,18H,5-8,11-12H2,1-4H3. The molecule has 0 heterocycles. The van der Waals surface area contributed by atoms with Gasteiger partial charge in [-0.1, -0.05) is 19.9 Å². The van der Waals surface area contributed by atoms with Gasteiger partial charge in [0, 0.05) is 0 Å². The van der Waals surface area contributed by atoms with Gasteiger partial charge in [0.05, 0.1) is 13.2 Å². The van der Waals surface area contributed by atoms with E-state index in [2.05, 4.69) is 38.2 Å². The summed E-state index contributed by atoms with van der Waals surface area (Å²) in [6.45, 7) is 8.61. The topological polar surface area (TPSA) is 30.5 Å². The zero-order valence-corrected chi connectivity index (χ0v) is 13.4. The zero-order valence-electron chi connectivity index (χ0n) is 13.4. The first-order valence-electron chi connectivity index (χ1n) is 7.75. The van der Waals surface area contributed by atoms with Crippen molar-refractivity contribution in [1.29, 1.82) is 0 Å². The molecule has 20 heavy (non-hydrogen) atoms. The predicted octanol–water partition coefficient (Wildman–Crippen LogP) is 3.80. The second-order valence-electron chi connectivity index (χ2n) is 5.16. The lowest BCUT2D eigenvalue weighted by molar-refractivity contribution is 0.198. The molecule has 0 aliphatic heterocycles. The smallest absolute Gasteiger partial charge is 0.161 e. The molecule has 0 saturated carbocycles. The minimum Gasteiger partial charge on any atom is -0.493 e. The summed E-state index contributed by atoms with van der Waals surface area (Å²) in [5.74, 6) is 1.68. The van der Waals surface area contributed by atoms with E-state index in [-0.39, 0.29) is 6.10 Å². The Bertz CT molecular complexity index is 379. The fraction of sp³-hybridized carbons (Fsp3) is 0.647. The lowest BCUT2D eigenvalue weighted by atomic mass is 10.1. The second-order valence-corrected chi connectivity index (χ2v) is 5.16. The highest BCUT2D eigenvalue weighted by atomic mass is 16.5. The van der Waals surface area contributed by atoms with Crippen LogP contribution in [0.15, 0.2) is 18.2 Å². The van der Waals surface area contributed by atoms with E-state index in [1.165, 1.54) is 12.0 Å². The van der Waals surface area contributed by atoms with Gasteiger partial charge in [-0.2, -0.15) is 0 Å². The molecule has 0 aromatic heterocycles. The van der Waals surface area contributed by atoms with Crippen LogP contribution in [0.1, 0.15) is 45.6 Å². The average Bonchev–Trinajstić information content (AvgIpc) is 2.47. The maximum atomic E-state index is 5.99. The molecule has 1 aromatic carbocycles. The van der Waals surface area contributed by atoms with Gasteiger partial charge in [0.2, 0.25) is 0 Å². The summed E-state index contributed by atoms with van der Waals surface area (Å²) in [5.41, 5.74) is 1.27. The summed E-state index contributed by atoms with van der Waals surface area (Å²) in [6.07, 6.45) is 4.59. The van der Waals surface area contributed by atoms with Crippen LogP contribution in [-0.4, -0.2) is 26.3 Å². The molecule has 114 valence electrons. The van der Waals surface area contributed by atoms with Crippen molar-refractivity contribution < 1.29 is 9.47 Å². The summed E-state index contributed by atoms with van der Waals surface area (Å²) in [4.78, 5) is 0. The van der Waals surface area contributed by atoms with E-state index in [0.29, 0.717) is 0 Å². The van der Waals surface area contributed by atoms with E-state index in [1.54, 1.807) is 7.11 Å². The van der Waals surface area contributed by atoms with Crippen LogP contribution in [0.5, 0.6) is 11.5 Å². The Hall–Kier alpha value is -1.22. The van der Waals surface area contributed by atoms with Gasteiger partial charge in [-0.3, -0.25) is 0 Å². The molecule has 0 amide bonds. The molecule has 0 spiro atoms. The summed E-state index contributed by atoms with van der Waals surface area (Å²) in [7, 11) is 1.70. The first-order valence-corrected chi connectivity index (χ1v) is 7.75. The number of benzene rings is 1. The minimum absolute atomic E-state index is 0.208. The number of ether oxygens (including phenoxy) is 2. The van der Waals surface area contributed by atoms with Crippen molar-refractivity contribution in [2.45, 2.75) is 52.6 Å². The zero-order chi connectivity index (χ0) is 14.8. The number of hydrogen-bond acceptors (Lipinski definition) is 3. The van der Waals surface area contributed by atoms with Crippen molar-refractivity contribution in [3.63, 3.8) is 0 Å². The molecule has 3 nitrogen and oxygen atoms in total. The Morgan fingerprint density at radius 3 is 2.60 bits per heavy atom. The van der Waals surface area contributed by atoms with Crippen molar-refractivity contribution in [2.75, 3.05) is 20.2 Å². The highest BCUT2D eigenvalue weighted by Gasteiger charge is 2.09. The van der Waals surface area contributed by atoms with Crippen LogP contribution in [0.4, 0.5) is 0 Å². The van der Waals surface area contributed by atoms with Crippen LogP contribution in [0, 0.1) is 0 Å². The molecule has 1 unspecified atom stereocenters. The van der Waals surface area contributed by atoms with Gasteiger partial charge in [-0.25, -0.2) is 0 Å². The Morgan fingerprint density at radius 1 is 1.15 bits per heavy atom. The Morgan fingerprint density at radius 2 is 1.95 bits per heavy atom. The number of nitrogens with one attached hydrogen (secondary N) is 1. The molecular weight excluding hydrogens is 250 g/mol. The molecule has 1 N–H and O–H groups in total. The van der Waals surface area contributed by atoms with Crippen molar-refractivity contribution in [2.24, 2.45) is 0 Å². The highest BCUT2D eigenvalue weighted by molar-refractivity contribution is 5.43. The first kappa shape index (κ1) is 16.8. The van der Waals surface area contributed by atoms with Gasteiger partial charge in [0.1, 0.15) is 0 Å². The molecule has 1 aromatic rings. The third-order valence-corrected chi connectivity index (χ3v) is 3.36. The number of methoxy groups -OCH3 is 1. The molecule has 1 rings (SSSR count). The third kappa shape index (κ3) is 5.83. The van der Waals surface area contributed by atoms with Gasteiger partial charge in [-0.05, 0) is 63.4 Å². The fourth-order valence-electron chi connectivity index (χ4n) is 2.12. The van der Waals surface area contributed by atoms with Crippen LogP contribution in [-0.2, 0) is 6.42 Å². The van der Waals surface area contributed by atoms with Crippen molar-refractivity contribution in [1.82, 2.24) is 5.32 Å². The van der Waals surface area contributed by atoms with Gasteiger partial charge in [-0.15, -0.1) is 0 Å². The molecular formula is C17H29NO2. The van der Waals surface area contributed by atoms with Gasteiger partial charge in [0.25, 0.3) is 0 Å². The van der Waals surface area contributed by atoms with Crippen molar-refractivity contribution >= 4 is 0 Å². The molecule has 0 aliphatic carbocycles.